The predicted octanol–water partition coefficient (Wildman–Crippen LogP) is 4.01. The molecule has 1 aromatic carbocycles. The van der Waals surface area contributed by atoms with E-state index in [9.17, 15) is 19.6 Å². The van der Waals surface area contributed by atoms with Crippen LogP contribution < -0.4 is 5.32 Å². The Morgan fingerprint density at radius 1 is 1.23 bits per heavy atom. The zero-order valence-electron chi connectivity index (χ0n) is 17.2. The summed E-state index contributed by atoms with van der Waals surface area (Å²) in [5.74, 6) is -0.890. The van der Waals surface area contributed by atoms with Gasteiger partial charge in [0.2, 0.25) is 5.91 Å². The lowest BCUT2D eigenvalue weighted by Crippen LogP contribution is -2.37. The second-order valence-corrected chi connectivity index (χ2v) is 10.0. The third kappa shape index (κ3) is 3.41. The Balaban J connectivity index is 1.51. The quantitative estimate of drug-likeness (QED) is 0.759. The van der Waals surface area contributed by atoms with Gasteiger partial charge in [-0.05, 0) is 48.3 Å². The maximum Gasteiger partial charge on any atom is 0.262 e. The fourth-order valence-corrected chi connectivity index (χ4v) is 5.52. The van der Waals surface area contributed by atoms with Gasteiger partial charge in [-0.25, -0.2) is 0 Å². The topological polar surface area (TPSA) is 90.3 Å². The molecule has 0 bridgehead atoms. The minimum absolute atomic E-state index is 0.184. The highest BCUT2D eigenvalue weighted by Crippen LogP contribution is 2.44. The molecule has 1 aliphatic carbocycles. The molecule has 4 rings (SSSR count). The standard InChI is InChI=1S/C23H23N3O3S/c1-23(2,3)13-8-9-14-17(11-24)20(30-18(14)10-13)25-19(27)12-26-21(28)15-6-4-5-7-16(15)22(26)29/h4-7,13H,8-10,12H2,1-3H3,(H,25,27)/t13-/m0/s1. The molecule has 1 aliphatic heterocycles. The zero-order valence-corrected chi connectivity index (χ0v) is 18.1. The predicted molar refractivity (Wildman–Crippen MR) is 114 cm³/mol. The minimum atomic E-state index is -0.480. The van der Waals surface area contributed by atoms with E-state index in [1.54, 1.807) is 24.3 Å². The van der Waals surface area contributed by atoms with Gasteiger partial charge in [0.1, 0.15) is 17.6 Å². The first-order valence-corrected chi connectivity index (χ1v) is 10.8. The highest BCUT2D eigenvalue weighted by molar-refractivity contribution is 7.16. The Labute approximate surface area is 179 Å². The molecule has 30 heavy (non-hydrogen) atoms. The summed E-state index contributed by atoms with van der Waals surface area (Å²) in [5, 5.41) is 13.0. The molecule has 7 heteroatoms. The number of nitriles is 1. The van der Waals surface area contributed by atoms with Crippen LogP contribution in [0.25, 0.3) is 0 Å². The fourth-order valence-electron chi connectivity index (χ4n) is 4.22. The molecule has 2 aliphatic rings. The van der Waals surface area contributed by atoms with Crippen LogP contribution >= 0.6 is 11.3 Å². The number of imide groups is 1. The molecule has 0 unspecified atom stereocenters. The number of benzene rings is 1. The number of hydrogen-bond acceptors (Lipinski definition) is 5. The molecule has 0 fully saturated rings. The van der Waals surface area contributed by atoms with Gasteiger partial charge in [0.15, 0.2) is 0 Å². The van der Waals surface area contributed by atoms with Crippen LogP contribution in [0.1, 0.15) is 63.9 Å². The highest BCUT2D eigenvalue weighted by Gasteiger charge is 2.37. The van der Waals surface area contributed by atoms with Crippen molar-refractivity contribution in [2.45, 2.75) is 40.0 Å². The number of fused-ring (bicyclic) bond motifs is 2. The van der Waals surface area contributed by atoms with Crippen LogP contribution in [0.5, 0.6) is 0 Å². The molecule has 1 atom stereocenters. The number of carbonyl (C=O) groups is 3. The second kappa shape index (κ2) is 7.37. The van der Waals surface area contributed by atoms with Crippen molar-refractivity contribution in [3.63, 3.8) is 0 Å². The average Bonchev–Trinajstić information content (AvgIpc) is 3.16. The zero-order chi connectivity index (χ0) is 21.6. The molecule has 0 saturated carbocycles. The van der Waals surface area contributed by atoms with Crippen molar-refractivity contribution in [2.24, 2.45) is 11.3 Å². The van der Waals surface area contributed by atoms with Gasteiger partial charge in [0, 0.05) is 4.88 Å². The first-order chi connectivity index (χ1) is 14.2. The maximum absolute atomic E-state index is 12.7. The molecule has 0 radical (unpaired) electrons. The number of amides is 3. The monoisotopic (exact) mass is 421 g/mol. The lowest BCUT2D eigenvalue weighted by molar-refractivity contribution is -0.116. The third-order valence-electron chi connectivity index (χ3n) is 6.03. The van der Waals surface area contributed by atoms with Crippen molar-refractivity contribution in [1.29, 1.82) is 5.26 Å². The van der Waals surface area contributed by atoms with Crippen LogP contribution in [0.4, 0.5) is 5.00 Å². The average molecular weight is 422 g/mol. The van der Waals surface area contributed by atoms with Crippen LogP contribution in [0.2, 0.25) is 0 Å². The van der Waals surface area contributed by atoms with Gasteiger partial charge in [-0.2, -0.15) is 5.26 Å². The van der Waals surface area contributed by atoms with E-state index in [1.165, 1.54) is 11.3 Å². The Hall–Kier alpha value is -2.98. The molecule has 3 amide bonds. The minimum Gasteiger partial charge on any atom is -0.315 e. The highest BCUT2D eigenvalue weighted by atomic mass is 32.1. The second-order valence-electron chi connectivity index (χ2n) is 8.92. The fraction of sp³-hybridized carbons (Fsp3) is 0.391. The summed E-state index contributed by atoms with van der Waals surface area (Å²) in [6, 6.07) is 8.78. The molecule has 1 aromatic heterocycles. The van der Waals surface area contributed by atoms with Gasteiger partial charge in [0.05, 0.1) is 16.7 Å². The van der Waals surface area contributed by atoms with E-state index in [0.717, 1.165) is 34.6 Å². The SMILES string of the molecule is CC(C)(C)[C@H]1CCc2c(sc(NC(=O)CN3C(=O)c4ccccc4C3=O)c2C#N)C1. The Morgan fingerprint density at radius 2 is 1.87 bits per heavy atom. The van der Waals surface area contributed by atoms with Crippen molar-refractivity contribution in [3.8, 4) is 6.07 Å². The van der Waals surface area contributed by atoms with Gasteiger partial charge >= 0.3 is 0 Å². The molecule has 0 spiro atoms. The number of nitrogens with one attached hydrogen (secondary N) is 1. The normalized spacial score (nSPS) is 18.1. The lowest BCUT2D eigenvalue weighted by Gasteiger charge is -2.33. The van der Waals surface area contributed by atoms with Crippen LogP contribution in [-0.4, -0.2) is 29.2 Å². The van der Waals surface area contributed by atoms with Gasteiger partial charge in [-0.3, -0.25) is 19.3 Å². The molecule has 1 N–H and O–H groups in total. The lowest BCUT2D eigenvalue weighted by atomic mass is 9.72. The molecular formula is C23H23N3O3S. The molecular weight excluding hydrogens is 398 g/mol. The van der Waals surface area contributed by atoms with E-state index in [0.29, 0.717) is 27.6 Å². The van der Waals surface area contributed by atoms with E-state index >= 15 is 0 Å². The van der Waals surface area contributed by atoms with Gasteiger partial charge < -0.3 is 5.32 Å². The summed E-state index contributed by atoms with van der Waals surface area (Å²) in [6.45, 7) is 6.31. The van der Waals surface area contributed by atoms with E-state index in [-0.39, 0.29) is 12.0 Å². The summed E-state index contributed by atoms with van der Waals surface area (Å²) in [7, 11) is 0. The van der Waals surface area contributed by atoms with E-state index in [4.69, 9.17) is 0 Å². The molecule has 154 valence electrons. The number of carbonyl (C=O) groups excluding carboxylic acids is 3. The smallest absolute Gasteiger partial charge is 0.262 e. The molecule has 2 aromatic rings. The Kier molecular flexibility index (Phi) is 4.99. The van der Waals surface area contributed by atoms with Gasteiger partial charge in [-0.15, -0.1) is 11.3 Å². The molecule has 2 heterocycles. The first kappa shape index (κ1) is 20.3. The summed E-state index contributed by atoms with van der Waals surface area (Å²) >= 11 is 1.44. The summed E-state index contributed by atoms with van der Waals surface area (Å²) in [4.78, 5) is 39.7. The van der Waals surface area contributed by atoms with E-state index in [2.05, 4.69) is 32.2 Å². The first-order valence-electron chi connectivity index (χ1n) is 10.0. The van der Waals surface area contributed by atoms with Crippen LogP contribution in [0.3, 0.4) is 0 Å². The van der Waals surface area contributed by atoms with Crippen molar-refractivity contribution >= 4 is 34.1 Å². The molecule has 6 nitrogen and oxygen atoms in total. The maximum atomic E-state index is 12.7. The number of thiophene rings is 1. The van der Waals surface area contributed by atoms with Crippen LogP contribution in [-0.2, 0) is 17.6 Å². The van der Waals surface area contributed by atoms with Crippen LogP contribution in [0.15, 0.2) is 24.3 Å². The van der Waals surface area contributed by atoms with E-state index < -0.39 is 17.7 Å². The van der Waals surface area contributed by atoms with Crippen molar-refractivity contribution in [2.75, 3.05) is 11.9 Å². The Bertz CT molecular complexity index is 1070. The number of hydrogen-bond donors (Lipinski definition) is 1. The van der Waals surface area contributed by atoms with Gasteiger partial charge in [0.25, 0.3) is 11.8 Å². The van der Waals surface area contributed by atoms with Crippen molar-refractivity contribution in [1.82, 2.24) is 4.90 Å². The summed E-state index contributed by atoms with van der Waals surface area (Å²) in [6.07, 6.45) is 2.74. The van der Waals surface area contributed by atoms with Gasteiger partial charge in [-0.1, -0.05) is 32.9 Å². The van der Waals surface area contributed by atoms with E-state index in [1.807, 2.05) is 0 Å². The summed E-state index contributed by atoms with van der Waals surface area (Å²) < 4.78 is 0. The van der Waals surface area contributed by atoms with Crippen LogP contribution in [0, 0.1) is 22.7 Å². The number of anilines is 1. The Morgan fingerprint density at radius 3 is 2.43 bits per heavy atom. The van der Waals surface area contributed by atoms with Crippen molar-refractivity contribution < 1.29 is 14.4 Å². The van der Waals surface area contributed by atoms with Crippen molar-refractivity contribution in [3.05, 3.63) is 51.4 Å². The largest absolute Gasteiger partial charge is 0.315 e. The molecule has 0 saturated heterocycles. The summed E-state index contributed by atoms with van der Waals surface area (Å²) in [5.41, 5.74) is 2.35. The third-order valence-corrected chi connectivity index (χ3v) is 7.20. The number of rotatable bonds is 3. The number of nitrogens with zero attached hydrogens (tertiary/aromatic N) is 2.